The van der Waals surface area contributed by atoms with Crippen molar-refractivity contribution in [2.75, 3.05) is 32.0 Å². The average molecular weight is 386 g/mol. The third-order valence-electron chi connectivity index (χ3n) is 4.49. The Morgan fingerprint density at radius 3 is 2.29 bits per heavy atom. The number of amides is 2. The molecule has 0 saturated heterocycles. The number of benzene rings is 2. The molecule has 1 heterocycles. The largest absolute Gasteiger partial charge is 0.493 e. The molecule has 0 aromatic heterocycles. The lowest BCUT2D eigenvalue weighted by Gasteiger charge is -2.33. The summed E-state index contributed by atoms with van der Waals surface area (Å²) in [5.41, 5.74) is 0.117. The van der Waals surface area contributed by atoms with E-state index in [9.17, 15) is 9.59 Å². The van der Waals surface area contributed by atoms with E-state index in [1.165, 1.54) is 28.3 Å². The zero-order valence-corrected chi connectivity index (χ0v) is 16.3. The maximum Gasteiger partial charge on any atom is 0.278 e. The minimum atomic E-state index is -1.75. The van der Waals surface area contributed by atoms with Crippen LogP contribution in [0.3, 0.4) is 0 Å². The maximum atomic E-state index is 12.9. The number of anilines is 2. The number of methoxy groups -OCH3 is 3. The van der Waals surface area contributed by atoms with Crippen LogP contribution in [-0.4, -0.2) is 38.7 Å². The fourth-order valence-corrected chi connectivity index (χ4v) is 2.89. The topological polar surface area (TPSA) is 95.1 Å². The molecule has 8 nitrogen and oxygen atoms in total. The van der Waals surface area contributed by atoms with Gasteiger partial charge in [0.1, 0.15) is 5.75 Å². The van der Waals surface area contributed by atoms with Crippen LogP contribution in [0, 0.1) is 6.92 Å². The number of nitrogens with one attached hydrogen (secondary N) is 2. The molecule has 2 aromatic rings. The van der Waals surface area contributed by atoms with Gasteiger partial charge in [0.2, 0.25) is 5.75 Å². The molecule has 148 valence electrons. The molecule has 2 aromatic carbocycles. The van der Waals surface area contributed by atoms with E-state index in [2.05, 4.69) is 10.6 Å². The lowest BCUT2D eigenvalue weighted by Crippen LogP contribution is -2.56. The molecule has 0 saturated carbocycles. The summed E-state index contributed by atoms with van der Waals surface area (Å²) in [5, 5.41) is 5.41. The summed E-state index contributed by atoms with van der Waals surface area (Å²) in [4.78, 5) is 25.5. The fraction of sp³-hybridized carbons (Fsp3) is 0.300. The van der Waals surface area contributed by atoms with Crippen LogP contribution in [0.5, 0.6) is 23.0 Å². The highest BCUT2D eigenvalue weighted by Crippen LogP contribution is 2.40. The number of ether oxygens (including phenoxy) is 4. The van der Waals surface area contributed by atoms with Gasteiger partial charge in [-0.1, -0.05) is 6.07 Å². The molecular formula is C20H22N2O6. The molecule has 2 N–H and O–H groups in total. The summed E-state index contributed by atoms with van der Waals surface area (Å²) in [6, 6.07) is 8.48. The van der Waals surface area contributed by atoms with Gasteiger partial charge >= 0.3 is 0 Å². The van der Waals surface area contributed by atoms with Crippen LogP contribution >= 0.6 is 0 Å². The average Bonchev–Trinajstić information content (AvgIpc) is 2.68. The molecule has 3 rings (SSSR count). The lowest BCUT2D eigenvalue weighted by molar-refractivity contribution is -0.143. The number of carbonyl (C=O) groups excluding carboxylic acids is 2. The van der Waals surface area contributed by atoms with Crippen molar-refractivity contribution >= 4 is 23.2 Å². The molecule has 1 aliphatic rings. The first-order chi connectivity index (χ1) is 13.3. The molecule has 2 amide bonds. The normalized spacial score (nSPS) is 17.7. The van der Waals surface area contributed by atoms with E-state index in [0.29, 0.717) is 34.4 Å². The van der Waals surface area contributed by atoms with Crippen molar-refractivity contribution in [3.05, 3.63) is 35.9 Å². The van der Waals surface area contributed by atoms with Crippen LogP contribution in [0.4, 0.5) is 11.4 Å². The maximum absolute atomic E-state index is 12.9. The summed E-state index contributed by atoms with van der Waals surface area (Å²) in [6.45, 7) is 3.32. The Morgan fingerprint density at radius 2 is 1.71 bits per heavy atom. The Labute approximate surface area is 162 Å². The first-order valence-electron chi connectivity index (χ1n) is 8.55. The second-order valence-corrected chi connectivity index (χ2v) is 6.46. The van der Waals surface area contributed by atoms with Crippen LogP contribution in [0.2, 0.25) is 0 Å². The van der Waals surface area contributed by atoms with Crippen molar-refractivity contribution in [2.24, 2.45) is 0 Å². The number of rotatable bonds is 5. The quantitative estimate of drug-likeness (QED) is 0.768. The smallest absolute Gasteiger partial charge is 0.278 e. The molecule has 28 heavy (non-hydrogen) atoms. The van der Waals surface area contributed by atoms with Gasteiger partial charge in [0.25, 0.3) is 17.4 Å². The van der Waals surface area contributed by atoms with Gasteiger partial charge < -0.3 is 29.6 Å². The zero-order chi connectivity index (χ0) is 20.5. The van der Waals surface area contributed by atoms with E-state index in [0.717, 1.165) is 5.56 Å². The van der Waals surface area contributed by atoms with Crippen LogP contribution < -0.4 is 29.6 Å². The summed E-state index contributed by atoms with van der Waals surface area (Å²) in [6.07, 6.45) is 0. The number of hydrogen-bond acceptors (Lipinski definition) is 6. The molecule has 0 fully saturated rings. The van der Waals surface area contributed by atoms with Crippen LogP contribution in [-0.2, 0) is 9.59 Å². The summed E-state index contributed by atoms with van der Waals surface area (Å²) < 4.78 is 21.6. The molecule has 0 radical (unpaired) electrons. The van der Waals surface area contributed by atoms with E-state index in [1.807, 2.05) is 13.0 Å². The molecule has 1 atom stereocenters. The first-order valence-corrected chi connectivity index (χ1v) is 8.55. The minimum Gasteiger partial charge on any atom is -0.493 e. The van der Waals surface area contributed by atoms with Crippen molar-refractivity contribution in [3.8, 4) is 23.0 Å². The highest BCUT2D eigenvalue weighted by molar-refractivity contribution is 6.19. The van der Waals surface area contributed by atoms with Gasteiger partial charge in [0.15, 0.2) is 11.5 Å². The Hall–Kier alpha value is -3.42. The lowest BCUT2D eigenvalue weighted by atomic mass is 10.0. The van der Waals surface area contributed by atoms with E-state index in [4.69, 9.17) is 18.9 Å². The second kappa shape index (κ2) is 7.30. The minimum absolute atomic E-state index is 0.367. The fourth-order valence-electron chi connectivity index (χ4n) is 2.89. The van der Waals surface area contributed by atoms with E-state index in [-0.39, 0.29) is 0 Å². The van der Waals surface area contributed by atoms with Crippen LogP contribution in [0.1, 0.15) is 12.5 Å². The van der Waals surface area contributed by atoms with Crippen LogP contribution in [0.15, 0.2) is 30.3 Å². The number of carbonyl (C=O) groups is 2. The van der Waals surface area contributed by atoms with E-state index < -0.39 is 17.4 Å². The third-order valence-corrected chi connectivity index (χ3v) is 4.49. The molecule has 0 spiro atoms. The SMILES string of the molecule is COc1cc(NC(=O)C2(C)Oc3ccc(C)cc3NC2=O)cc(OC)c1OC. The third kappa shape index (κ3) is 3.28. The van der Waals surface area contributed by atoms with Gasteiger partial charge in [0.05, 0.1) is 27.0 Å². The Morgan fingerprint density at radius 1 is 1.07 bits per heavy atom. The van der Waals surface area contributed by atoms with Gasteiger partial charge in [0, 0.05) is 17.8 Å². The molecule has 0 aliphatic carbocycles. The van der Waals surface area contributed by atoms with E-state index in [1.54, 1.807) is 24.3 Å². The van der Waals surface area contributed by atoms with Gasteiger partial charge in [-0.25, -0.2) is 0 Å². The van der Waals surface area contributed by atoms with Crippen molar-refractivity contribution in [1.29, 1.82) is 0 Å². The molecular weight excluding hydrogens is 364 g/mol. The Kier molecular flexibility index (Phi) is 5.04. The van der Waals surface area contributed by atoms with Crippen molar-refractivity contribution in [1.82, 2.24) is 0 Å². The predicted octanol–water partition coefficient (Wildman–Crippen LogP) is 2.75. The Bertz CT molecular complexity index is 917. The van der Waals surface area contributed by atoms with Crippen molar-refractivity contribution in [3.63, 3.8) is 0 Å². The van der Waals surface area contributed by atoms with Crippen molar-refractivity contribution in [2.45, 2.75) is 19.4 Å². The number of fused-ring (bicyclic) bond motifs is 1. The zero-order valence-electron chi connectivity index (χ0n) is 16.3. The van der Waals surface area contributed by atoms with Gasteiger partial charge in [-0.15, -0.1) is 0 Å². The molecule has 0 bridgehead atoms. The highest BCUT2D eigenvalue weighted by Gasteiger charge is 2.47. The van der Waals surface area contributed by atoms with E-state index >= 15 is 0 Å². The monoisotopic (exact) mass is 386 g/mol. The van der Waals surface area contributed by atoms with Gasteiger partial charge in [-0.2, -0.15) is 0 Å². The van der Waals surface area contributed by atoms with Crippen molar-refractivity contribution < 1.29 is 28.5 Å². The molecule has 1 unspecified atom stereocenters. The summed E-state index contributed by atoms with van der Waals surface area (Å²) in [7, 11) is 4.43. The molecule has 8 heteroatoms. The summed E-state index contributed by atoms with van der Waals surface area (Å²) >= 11 is 0. The van der Waals surface area contributed by atoms with Gasteiger partial charge in [-0.05, 0) is 31.5 Å². The first kappa shape index (κ1) is 19.3. The van der Waals surface area contributed by atoms with Crippen LogP contribution in [0.25, 0.3) is 0 Å². The predicted molar refractivity (Wildman–Crippen MR) is 104 cm³/mol. The Balaban J connectivity index is 1.90. The summed E-state index contributed by atoms with van der Waals surface area (Å²) in [5.74, 6) is 0.369. The molecule has 1 aliphatic heterocycles. The standard InChI is InChI=1S/C20H22N2O6/c1-11-6-7-14-13(8-11)22-19(24)20(2,28-14)18(23)21-12-9-15(25-3)17(27-5)16(10-12)26-4/h6-10H,1-5H3,(H,21,23)(H,22,24). The number of hydrogen-bond donors (Lipinski definition) is 2. The highest BCUT2D eigenvalue weighted by atomic mass is 16.5. The number of aryl methyl sites for hydroxylation is 1. The van der Waals surface area contributed by atoms with Gasteiger partial charge in [-0.3, -0.25) is 9.59 Å². The second-order valence-electron chi connectivity index (χ2n) is 6.46.